The van der Waals surface area contributed by atoms with Crippen LogP contribution in [0.4, 0.5) is 5.95 Å². The Kier molecular flexibility index (Phi) is 2.94. The van der Waals surface area contributed by atoms with Gasteiger partial charge in [0.25, 0.3) is 5.56 Å². The first-order valence-corrected chi connectivity index (χ1v) is 5.88. The maximum atomic E-state index is 12.3. The van der Waals surface area contributed by atoms with Crippen LogP contribution in [0.1, 0.15) is 6.23 Å². The van der Waals surface area contributed by atoms with E-state index in [-0.39, 0.29) is 17.1 Å². The van der Waals surface area contributed by atoms with Crippen molar-refractivity contribution in [3.8, 4) is 0 Å². The minimum absolute atomic E-state index is 0.0388. The summed E-state index contributed by atoms with van der Waals surface area (Å²) in [5.41, 5.74) is 5.34. The molecule has 0 saturated carbocycles. The van der Waals surface area contributed by atoms with Crippen molar-refractivity contribution in [3.63, 3.8) is 0 Å². The van der Waals surface area contributed by atoms with Crippen LogP contribution in [0.3, 0.4) is 0 Å². The number of H-pyrrole nitrogens is 1. The van der Waals surface area contributed by atoms with E-state index in [9.17, 15) is 15.0 Å². The average molecular weight is 283 g/mol. The number of nitrogens with zero attached hydrogens (tertiary/aromatic N) is 3. The zero-order valence-corrected chi connectivity index (χ0v) is 10.2. The maximum Gasteiger partial charge on any atom is 0.285 e. The van der Waals surface area contributed by atoms with E-state index in [0.717, 1.165) is 4.57 Å². The number of aliphatic hydroxyl groups excluding tert-OH is 3. The Morgan fingerprint density at radius 3 is 2.85 bits per heavy atom. The second-order valence-electron chi connectivity index (χ2n) is 4.47. The van der Waals surface area contributed by atoms with E-state index in [0.29, 0.717) is 0 Å². The number of nitrogens with one attached hydrogen (secondary N) is 1. The number of fused-ring (bicyclic) bond motifs is 1. The van der Waals surface area contributed by atoms with Crippen LogP contribution in [0.15, 0.2) is 11.1 Å². The molecule has 10 heteroatoms. The Bertz CT molecular complexity index is 697. The largest absolute Gasteiger partial charge is 0.394 e. The first kappa shape index (κ1) is 13.0. The lowest BCUT2D eigenvalue weighted by atomic mass is 10.1. The SMILES string of the molecule is Nc1nc2[nH]cnc2c(=O)n1[C@H]1O[C@@H](CO)[C@H](O)[C@@H]1O. The van der Waals surface area contributed by atoms with Gasteiger partial charge >= 0.3 is 0 Å². The monoisotopic (exact) mass is 283 g/mol. The summed E-state index contributed by atoms with van der Waals surface area (Å²) >= 11 is 0. The van der Waals surface area contributed by atoms with Crippen molar-refractivity contribution in [1.82, 2.24) is 19.5 Å². The first-order valence-electron chi connectivity index (χ1n) is 5.88. The third kappa shape index (κ3) is 1.70. The number of anilines is 1. The fourth-order valence-electron chi connectivity index (χ4n) is 2.25. The van der Waals surface area contributed by atoms with Gasteiger partial charge in [-0.25, -0.2) is 9.55 Å². The smallest absolute Gasteiger partial charge is 0.285 e. The zero-order valence-electron chi connectivity index (χ0n) is 10.2. The molecule has 3 heterocycles. The predicted molar refractivity (Wildman–Crippen MR) is 65.6 cm³/mol. The van der Waals surface area contributed by atoms with Gasteiger partial charge in [0, 0.05) is 0 Å². The molecule has 10 nitrogen and oxygen atoms in total. The Hall–Kier alpha value is -2.01. The second kappa shape index (κ2) is 4.52. The molecule has 4 atom stereocenters. The van der Waals surface area contributed by atoms with Gasteiger partial charge in [0.1, 0.15) is 18.3 Å². The van der Waals surface area contributed by atoms with Crippen molar-refractivity contribution >= 4 is 17.1 Å². The lowest BCUT2D eigenvalue weighted by molar-refractivity contribution is -0.0534. The molecule has 1 aliphatic heterocycles. The molecular formula is C10H13N5O5. The van der Waals surface area contributed by atoms with Crippen LogP contribution < -0.4 is 11.3 Å². The fourth-order valence-corrected chi connectivity index (χ4v) is 2.25. The predicted octanol–water partition coefficient (Wildman–Crippen LogP) is -2.69. The first-order chi connectivity index (χ1) is 9.54. The van der Waals surface area contributed by atoms with Gasteiger partial charge in [-0.3, -0.25) is 4.79 Å². The van der Waals surface area contributed by atoms with Gasteiger partial charge in [0.2, 0.25) is 5.95 Å². The molecule has 0 bridgehead atoms. The Morgan fingerprint density at radius 1 is 1.45 bits per heavy atom. The van der Waals surface area contributed by atoms with Crippen molar-refractivity contribution in [2.45, 2.75) is 24.5 Å². The Morgan fingerprint density at radius 2 is 2.20 bits per heavy atom. The summed E-state index contributed by atoms with van der Waals surface area (Å²) < 4.78 is 6.17. The highest BCUT2D eigenvalue weighted by Crippen LogP contribution is 2.29. The fraction of sp³-hybridized carbons (Fsp3) is 0.500. The number of imidazole rings is 1. The van der Waals surface area contributed by atoms with E-state index in [2.05, 4.69) is 15.0 Å². The molecule has 0 unspecified atom stereocenters. The maximum absolute atomic E-state index is 12.3. The number of ether oxygens (including phenoxy) is 1. The van der Waals surface area contributed by atoms with Crippen LogP contribution >= 0.6 is 0 Å². The molecule has 0 aliphatic carbocycles. The van der Waals surface area contributed by atoms with Crippen LogP contribution in [-0.2, 0) is 4.74 Å². The van der Waals surface area contributed by atoms with Crippen LogP contribution in [0.25, 0.3) is 11.2 Å². The molecule has 6 N–H and O–H groups in total. The number of rotatable bonds is 2. The number of aromatic amines is 1. The number of hydrogen-bond donors (Lipinski definition) is 5. The number of hydrogen-bond acceptors (Lipinski definition) is 8. The summed E-state index contributed by atoms with van der Waals surface area (Å²) in [6.07, 6.45) is -3.68. The Balaban J connectivity index is 2.13. The van der Waals surface area contributed by atoms with Gasteiger partial charge in [-0.05, 0) is 0 Å². The van der Waals surface area contributed by atoms with Crippen LogP contribution in [0, 0.1) is 0 Å². The highest BCUT2D eigenvalue weighted by Gasteiger charge is 2.44. The summed E-state index contributed by atoms with van der Waals surface area (Å²) in [5.74, 6) is -0.193. The molecule has 108 valence electrons. The molecule has 1 aliphatic rings. The lowest BCUT2D eigenvalue weighted by Gasteiger charge is -2.18. The van der Waals surface area contributed by atoms with Crippen LogP contribution in [0.5, 0.6) is 0 Å². The van der Waals surface area contributed by atoms with Gasteiger partial charge in [-0.2, -0.15) is 4.98 Å². The summed E-state index contributed by atoms with van der Waals surface area (Å²) in [6.45, 7) is -0.499. The van der Waals surface area contributed by atoms with Crippen molar-refractivity contribution in [2.24, 2.45) is 0 Å². The van der Waals surface area contributed by atoms with Gasteiger partial charge in [-0.15, -0.1) is 0 Å². The minimum atomic E-state index is -1.41. The molecule has 0 radical (unpaired) electrons. The molecule has 2 aromatic heterocycles. The molecule has 1 fully saturated rings. The number of aromatic nitrogens is 4. The van der Waals surface area contributed by atoms with Crippen LogP contribution in [-0.4, -0.2) is 59.8 Å². The van der Waals surface area contributed by atoms with Gasteiger partial charge in [0.05, 0.1) is 12.9 Å². The van der Waals surface area contributed by atoms with E-state index in [1.807, 2.05) is 0 Å². The molecule has 1 saturated heterocycles. The van der Waals surface area contributed by atoms with E-state index >= 15 is 0 Å². The summed E-state index contributed by atoms with van der Waals surface area (Å²) in [7, 11) is 0. The average Bonchev–Trinajstić information content (AvgIpc) is 2.98. The quantitative estimate of drug-likeness (QED) is 0.398. The van der Waals surface area contributed by atoms with Crippen molar-refractivity contribution in [3.05, 3.63) is 16.7 Å². The Labute approximate surface area is 111 Å². The zero-order chi connectivity index (χ0) is 14.4. The highest BCUT2D eigenvalue weighted by atomic mass is 16.6. The van der Waals surface area contributed by atoms with E-state index < -0.39 is 36.7 Å². The second-order valence-corrected chi connectivity index (χ2v) is 4.47. The van der Waals surface area contributed by atoms with E-state index in [1.54, 1.807) is 0 Å². The number of nitrogens with two attached hydrogens (primary N) is 1. The molecule has 2 aromatic rings. The molecule has 0 spiro atoms. The third-order valence-electron chi connectivity index (χ3n) is 3.29. The molecule has 0 amide bonds. The molecule has 3 rings (SSSR count). The van der Waals surface area contributed by atoms with Crippen molar-refractivity contribution in [1.29, 1.82) is 0 Å². The van der Waals surface area contributed by atoms with Crippen LogP contribution in [0.2, 0.25) is 0 Å². The van der Waals surface area contributed by atoms with Gasteiger partial charge in [-0.1, -0.05) is 0 Å². The van der Waals surface area contributed by atoms with Crippen molar-refractivity contribution < 1.29 is 20.1 Å². The van der Waals surface area contributed by atoms with E-state index in [4.69, 9.17) is 15.6 Å². The summed E-state index contributed by atoms with van der Waals surface area (Å²) in [5, 5.41) is 28.7. The number of nitrogen functional groups attached to an aromatic ring is 1. The van der Waals surface area contributed by atoms with Gasteiger partial charge < -0.3 is 30.8 Å². The molecule has 0 aromatic carbocycles. The lowest BCUT2D eigenvalue weighted by Crippen LogP contribution is -2.36. The number of aliphatic hydroxyl groups is 3. The third-order valence-corrected chi connectivity index (χ3v) is 3.29. The van der Waals surface area contributed by atoms with Crippen molar-refractivity contribution in [2.75, 3.05) is 12.3 Å². The summed E-state index contributed by atoms with van der Waals surface area (Å²) in [6, 6.07) is 0. The topological polar surface area (TPSA) is 160 Å². The standard InChI is InChI=1S/C10H13N5O5/c11-10-14-7-4(12-2-13-7)8(19)15(10)9-6(18)5(17)3(1-16)20-9/h2-3,5-6,9,16-18H,1H2,(H2,11,14)(H,12,13)/t3-,5-,6-,9-/m0/s1. The van der Waals surface area contributed by atoms with Gasteiger partial charge in [0.15, 0.2) is 17.4 Å². The highest BCUT2D eigenvalue weighted by molar-refractivity contribution is 5.69. The normalized spacial score (nSPS) is 30.1. The molecular weight excluding hydrogens is 270 g/mol. The summed E-state index contributed by atoms with van der Waals surface area (Å²) in [4.78, 5) is 22.7. The minimum Gasteiger partial charge on any atom is -0.394 e. The van der Waals surface area contributed by atoms with E-state index in [1.165, 1.54) is 6.33 Å². The molecule has 20 heavy (non-hydrogen) atoms.